The van der Waals surface area contributed by atoms with Gasteiger partial charge in [0.25, 0.3) is 0 Å². The zero-order valence-electron chi connectivity index (χ0n) is 18.5. The SMILES string of the molecule is CCc1cccc(CC)c1N(CCCC(=O)NCC(C)c1ccccc1)S(C)(=O)=O. The third kappa shape index (κ3) is 6.59. The lowest BCUT2D eigenvalue weighted by atomic mass is 10.0. The van der Waals surface area contributed by atoms with Gasteiger partial charge in [-0.1, -0.05) is 69.3 Å². The molecule has 1 N–H and O–H groups in total. The van der Waals surface area contributed by atoms with Gasteiger partial charge < -0.3 is 5.32 Å². The molecule has 0 fully saturated rings. The highest BCUT2D eigenvalue weighted by Crippen LogP contribution is 2.29. The van der Waals surface area contributed by atoms with E-state index >= 15 is 0 Å². The summed E-state index contributed by atoms with van der Waals surface area (Å²) >= 11 is 0. The van der Waals surface area contributed by atoms with Gasteiger partial charge in [-0.3, -0.25) is 9.10 Å². The Morgan fingerprint density at radius 2 is 1.60 bits per heavy atom. The number of carbonyl (C=O) groups is 1. The molecule has 164 valence electrons. The first-order chi connectivity index (χ1) is 14.3. The fourth-order valence-electron chi connectivity index (χ4n) is 3.62. The topological polar surface area (TPSA) is 66.5 Å². The van der Waals surface area contributed by atoms with E-state index < -0.39 is 10.0 Å². The summed E-state index contributed by atoms with van der Waals surface area (Å²) in [7, 11) is -3.44. The van der Waals surface area contributed by atoms with Crippen LogP contribution in [0.5, 0.6) is 0 Å². The number of anilines is 1. The summed E-state index contributed by atoms with van der Waals surface area (Å²) in [6.45, 7) is 7.00. The number of sulfonamides is 1. The van der Waals surface area contributed by atoms with Gasteiger partial charge in [0.05, 0.1) is 11.9 Å². The first kappa shape index (κ1) is 23.9. The molecule has 2 aromatic carbocycles. The van der Waals surface area contributed by atoms with Crippen LogP contribution in [0.4, 0.5) is 5.69 Å². The summed E-state index contributed by atoms with van der Waals surface area (Å²) in [5, 5.41) is 2.97. The van der Waals surface area contributed by atoms with Crippen LogP contribution in [0.25, 0.3) is 0 Å². The van der Waals surface area contributed by atoms with Crippen molar-refractivity contribution >= 4 is 21.6 Å². The maximum atomic E-state index is 12.5. The van der Waals surface area contributed by atoms with Gasteiger partial charge in [-0.15, -0.1) is 0 Å². The smallest absolute Gasteiger partial charge is 0.232 e. The molecule has 0 heterocycles. The molecule has 6 heteroatoms. The van der Waals surface area contributed by atoms with Gasteiger partial charge in [0, 0.05) is 19.5 Å². The van der Waals surface area contributed by atoms with Crippen molar-refractivity contribution in [1.29, 1.82) is 0 Å². The molecule has 0 radical (unpaired) electrons. The average molecular weight is 431 g/mol. The Balaban J connectivity index is 1.99. The maximum absolute atomic E-state index is 12.5. The van der Waals surface area contributed by atoms with E-state index in [4.69, 9.17) is 0 Å². The Labute approximate surface area is 181 Å². The molecule has 0 saturated heterocycles. The van der Waals surface area contributed by atoms with E-state index in [0.717, 1.165) is 29.7 Å². The number of carbonyl (C=O) groups excluding carboxylic acids is 1. The molecule has 0 aliphatic carbocycles. The Morgan fingerprint density at radius 3 is 2.13 bits per heavy atom. The molecule has 0 spiro atoms. The molecule has 2 aromatic rings. The third-order valence-corrected chi connectivity index (χ3v) is 6.52. The number of amides is 1. The highest BCUT2D eigenvalue weighted by Gasteiger charge is 2.22. The predicted molar refractivity (Wildman–Crippen MR) is 124 cm³/mol. The lowest BCUT2D eigenvalue weighted by molar-refractivity contribution is -0.121. The second-order valence-corrected chi connectivity index (χ2v) is 9.59. The van der Waals surface area contributed by atoms with E-state index in [2.05, 4.69) is 24.4 Å². The summed E-state index contributed by atoms with van der Waals surface area (Å²) in [4.78, 5) is 12.3. The lowest BCUT2D eigenvalue weighted by Crippen LogP contribution is -2.34. The quantitative estimate of drug-likeness (QED) is 0.579. The molecule has 2 rings (SSSR count). The molecule has 0 aliphatic rings. The minimum atomic E-state index is -3.44. The minimum absolute atomic E-state index is 0.0503. The summed E-state index contributed by atoms with van der Waals surface area (Å²) in [6.07, 6.45) is 3.52. The number of hydrogen-bond donors (Lipinski definition) is 1. The minimum Gasteiger partial charge on any atom is -0.356 e. The molecule has 1 atom stereocenters. The van der Waals surface area contributed by atoms with Crippen LogP contribution in [0.1, 0.15) is 56.2 Å². The third-order valence-electron chi connectivity index (χ3n) is 5.35. The normalized spacial score (nSPS) is 12.4. The van der Waals surface area contributed by atoms with E-state index in [9.17, 15) is 13.2 Å². The largest absolute Gasteiger partial charge is 0.356 e. The summed E-state index contributed by atoms with van der Waals surface area (Å²) in [5.74, 6) is 0.178. The highest BCUT2D eigenvalue weighted by molar-refractivity contribution is 7.92. The average Bonchev–Trinajstić information content (AvgIpc) is 2.74. The Hall–Kier alpha value is -2.34. The second kappa shape index (κ2) is 11.2. The van der Waals surface area contributed by atoms with Gasteiger partial charge in [-0.25, -0.2) is 8.42 Å². The number of nitrogens with one attached hydrogen (secondary N) is 1. The number of aryl methyl sites for hydroxylation is 2. The van der Waals surface area contributed by atoms with Gasteiger partial charge in [0.2, 0.25) is 15.9 Å². The van der Waals surface area contributed by atoms with Crippen LogP contribution in [-0.4, -0.2) is 33.7 Å². The van der Waals surface area contributed by atoms with Crippen LogP contribution in [0.2, 0.25) is 0 Å². The van der Waals surface area contributed by atoms with E-state index in [1.165, 1.54) is 16.1 Å². The fourth-order valence-corrected chi connectivity index (χ4v) is 4.64. The number of benzene rings is 2. The van der Waals surface area contributed by atoms with Crippen molar-refractivity contribution < 1.29 is 13.2 Å². The zero-order valence-corrected chi connectivity index (χ0v) is 19.3. The van der Waals surface area contributed by atoms with E-state index in [1.54, 1.807) is 0 Å². The van der Waals surface area contributed by atoms with Gasteiger partial charge in [0.15, 0.2) is 0 Å². The Kier molecular flexibility index (Phi) is 8.90. The van der Waals surface area contributed by atoms with E-state index in [1.807, 2.05) is 50.2 Å². The van der Waals surface area contributed by atoms with Gasteiger partial charge in [0.1, 0.15) is 0 Å². The first-order valence-electron chi connectivity index (χ1n) is 10.7. The molecule has 0 aliphatic heterocycles. The summed E-state index contributed by atoms with van der Waals surface area (Å²) in [6, 6.07) is 16.0. The molecular weight excluding hydrogens is 396 g/mol. The van der Waals surface area contributed by atoms with Crippen molar-refractivity contribution in [2.45, 2.75) is 52.4 Å². The predicted octanol–water partition coefficient (Wildman–Crippen LogP) is 4.28. The molecule has 1 unspecified atom stereocenters. The monoisotopic (exact) mass is 430 g/mol. The fraction of sp³-hybridized carbons (Fsp3) is 0.458. The van der Waals surface area contributed by atoms with Gasteiger partial charge in [-0.2, -0.15) is 0 Å². The van der Waals surface area contributed by atoms with Crippen molar-refractivity contribution in [3.05, 3.63) is 65.2 Å². The number of hydrogen-bond acceptors (Lipinski definition) is 3. The maximum Gasteiger partial charge on any atom is 0.232 e. The zero-order chi connectivity index (χ0) is 22.1. The molecule has 5 nitrogen and oxygen atoms in total. The Morgan fingerprint density at radius 1 is 1.00 bits per heavy atom. The summed E-state index contributed by atoms with van der Waals surface area (Å²) in [5.41, 5.74) is 3.99. The molecular formula is C24H34N2O3S. The van der Waals surface area contributed by atoms with Crippen LogP contribution in [0, 0.1) is 0 Å². The van der Waals surface area contributed by atoms with E-state index in [-0.39, 0.29) is 11.8 Å². The highest BCUT2D eigenvalue weighted by atomic mass is 32.2. The van der Waals surface area contributed by atoms with Gasteiger partial charge in [-0.05, 0) is 41.9 Å². The van der Waals surface area contributed by atoms with Crippen molar-refractivity contribution in [2.24, 2.45) is 0 Å². The van der Waals surface area contributed by atoms with Crippen LogP contribution < -0.4 is 9.62 Å². The van der Waals surface area contributed by atoms with Crippen molar-refractivity contribution in [3.8, 4) is 0 Å². The van der Waals surface area contributed by atoms with Crippen LogP contribution >= 0.6 is 0 Å². The first-order valence-corrected chi connectivity index (χ1v) is 12.5. The number of rotatable bonds is 11. The van der Waals surface area contributed by atoms with Crippen LogP contribution in [0.15, 0.2) is 48.5 Å². The van der Waals surface area contributed by atoms with Crippen molar-refractivity contribution in [3.63, 3.8) is 0 Å². The van der Waals surface area contributed by atoms with Gasteiger partial charge >= 0.3 is 0 Å². The van der Waals surface area contributed by atoms with Crippen molar-refractivity contribution in [1.82, 2.24) is 5.32 Å². The van der Waals surface area contributed by atoms with Crippen LogP contribution in [0.3, 0.4) is 0 Å². The lowest BCUT2D eigenvalue weighted by Gasteiger charge is -2.27. The molecule has 0 aromatic heterocycles. The van der Waals surface area contributed by atoms with E-state index in [0.29, 0.717) is 25.9 Å². The van der Waals surface area contributed by atoms with Crippen LogP contribution in [-0.2, 0) is 27.7 Å². The standard InChI is InChI=1S/C24H34N2O3S/c1-5-20-14-10-15-21(6-2)24(20)26(30(4,28)29)17-11-16-23(27)25-18-19(3)22-12-8-7-9-13-22/h7-10,12-15,19H,5-6,11,16-18H2,1-4H3,(H,25,27). The second-order valence-electron chi connectivity index (χ2n) is 7.69. The number of nitrogens with zero attached hydrogens (tertiary/aromatic N) is 1. The molecule has 30 heavy (non-hydrogen) atoms. The molecule has 0 saturated carbocycles. The summed E-state index contributed by atoms with van der Waals surface area (Å²) < 4.78 is 26.6. The van der Waals surface area contributed by atoms with Crippen molar-refractivity contribution in [2.75, 3.05) is 23.7 Å². The molecule has 0 bridgehead atoms. The number of para-hydroxylation sites is 1. The Bertz CT molecular complexity index is 904. The molecule has 1 amide bonds.